The Balaban J connectivity index is 1.95. The number of para-hydroxylation sites is 1. The highest BCUT2D eigenvalue weighted by Gasteiger charge is 2.17. The minimum atomic E-state index is -0.667. The Morgan fingerprint density at radius 1 is 1.26 bits per heavy atom. The Labute approximate surface area is 138 Å². The Kier molecular flexibility index (Phi) is 5.98. The Morgan fingerprint density at radius 3 is 2.70 bits per heavy atom. The number of halogens is 2. The molecule has 2 aromatic carbocycles. The van der Waals surface area contributed by atoms with Crippen LogP contribution in [-0.2, 0) is 11.3 Å². The lowest BCUT2D eigenvalue weighted by Gasteiger charge is -2.14. The van der Waals surface area contributed by atoms with Crippen molar-refractivity contribution in [2.45, 2.75) is 23.6 Å². The molecule has 0 saturated carbocycles. The highest BCUT2D eigenvalue weighted by atomic mass is 32.2. The van der Waals surface area contributed by atoms with Gasteiger partial charge >= 0.3 is 0 Å². The van der Waals surface area contributed by atoms with Gasteiger partial charge in [-0.05, 0) is 25.1 Å². The summed E-state index contributed by atoms with van der Waals surface area (Å²) in [5, 5.41) is 2.28. The topological polar surface area (TPSA) is 38.3 Å². The van der Waals surface area contributed by atoms with E-state index in [1.807, 2.05) is 24.3 Å². The summed E-state index contributed by atoms with van der Waals surface area (Å²) in [6, 6.07) is 10.7. The van der Waals surface area contributed by atoms with Crippen molar-refractivity contribution < 1.29 is 18.3 Å². The SMILES string of the molecule is COc1ccccc1CNC(=O)C(C)Sc1ccc(F)cc1F. The average molecular weight is 337 g/mol. The first-order valence-corrected chi connectivity index (χ1v) is 7.90. The zero-order valence-electron chi connectivity index (χ0n) is 12.8. The molecule has 2 rings (SSSR count). The summed E-state index contributed by atoms with van der Waals surface area (Å²) < 4.78 is 31.7. The number of nitrogens with one attached hydrogen (secondary N) is 1. The van der Waals surface area contributed by atoms with Crippen LogP contribution >= 0.6 is 11.8 Å². The summed E-state index contributed by atoms with van der Waals surface area (Å²) in [5.41, 5.74) is 0.855. The molecule has 0 fully saturated rings. The van der Waals surface area contributed by atoms with Gasteiger partial charge in [0.1, 0.15) is 17.4 Å². The summed E-state index contributed by atoms with van der Waals surface area (Å²) in [5.74, 6) is -0.846. The smallest absolute Gasteiger partial charge is 0.233 e. The number of methoxy groups -OCH3 is 1. The normalized spacial score (nSPS) is 11.8. The number of amides is 1. The van der Waals surface area contributed by atoms with Crippen molar-refractivity contribution in [2.75, 3.05) is 7.11 Å². The molecule has 0 bridgehead atoms. The second-order valence-electron chi connectivity index (χ2n) is 4.86. The molecule has 0 radical (unpaired) electrons. The van der Waals surface area contributed by atoms with Crippen molar-refractivity contribution >= 4 is 17.7 Å². The number of rotatable bonds is 6. The molecule has 3 nitrogen and oxygen atoms in total. The first-order chi connectivity index (χ1) is 11.0. The molecule has 0 spiro atoms. The minimum Gasteiger partial charge on any atom is -0.496 e. The van der Waals surface area contributed by atoms with Gasteiger partial charge in [-0.15, -0.1) is 11.8 Å². The maximum atomic E-state index is 13.6. The summed E-state index contributed by atoms with van der Waals surface area (Å²) in [6.07, 6.45) is 0. The number of carbonyl (C=O) groups is 1. The molecule has 23 heavy (non-hydrogen) atoms. The number of hydrogen-bond acceptors (Lipinski definition) is 3. The fourth-order valence-corrected chi connectivity index (χ4v) is 2.88. The van der Waals surface area contributed by atoms with Gasteiger partial charge in [-0.1, -0.05) is 18.2 Å². The summed E-state index contributed by atoms with van der Waals surface area (Å²) >= 11 is 1.05. The predicted molar refractivity (Wildman–Crippen MR) is 86.5 cm³/mol. The molecule has 0 aliphatic carbocycles. The van der Waals surface area contributed by atoms with Crippen LogP contribution < -0.4 is 10.1 Å². The maximum Gasteiger partial charge on any atom is 0.233 e. The molecule has 0 saturated heterocycles. The lowest BCUT2D eigenvalue weighted by molar-refractivity contribution is -0.120. The molecule has 6 heteroatoms. The second-order valence-corrected chi connectivity index (χ2v) is 6.25. The molecule has 1 N–H and O–H groups in total. The van der Waals surface area contributed by atoms with Crippen LogP contribution in [0.1, 0.15) is 12.5 Å². The average Bonchev–Trinajstić information content (AvgIpc) is 2.55. The van der Waals surface area contributed by atoms with Crippen molar-refractivity contribution in [1.82, 2.24) is 5.32 Å². The van der Waals surface area contributed by atoms with Crippen LogP contribution in [-0.4, -0.2) is 18.3 Å². The van der Waals surface area contributed by atoms with Gasteiger partial charge in [0.05, 0.1) is 12.4 Å². The molecular formula is C17H17F2NO2S. The van der Waals surface area contributed by atoms with Crippen molar-refractivity contribution in [2.24, 2.45) is 0 Å². The quantitative estimate of drug-likeness (QED) is 0.816. The monoisotopic (exact) mass is 337 g/mol. The third kappa shape index (κ3) is 4.69. The minimum absolute atomic E-state index is 0.232. The number of hydrogen-bond donors (Lipinski definition) is 1. The largest absolute Gasteiger partial charge is 0.496 e. The predicted octanol–water partition coefficient (Wildman–Crippen LogP) is 3.77. The Morgan fingerprint density at radius 2 is 2.00 bits per heavy atom. The van der Waals surface area contributed by atoms with Crippen molar-refractivity contribution in [3.8, 4) is 5.75 Å². The second kappa shape index (κ2) is 7.97. The third-order valence-electron chi connectivity index (χ3n) is 3.21. The molecule has 2 aromatic rings. The van der Waals surface area contributed by atoms with Crippen LogP contribution in [0.3, 0.4) is 0 Å². The standard InChI is InChI=1S/C17H17F2NO2S/c1-11(23-16-8-7-13(18)9-14(16)19)17(21)20-10-12-5-3-4-6-15(12)22-2/h3-9,11H,10H2,1-2H3,(H,20,21). The Hall–Kier alpha value is -2.08. The zero-order chi connectivity index (χ0) is 16.8. The molecule has 0 aromatic heterocycles. The van der Waals surface area contributed by atoms with Gasteiger partial charge in [0.15, 0.2) is 0 Å². The van der Waals surface area contributed by atoms with Crippen LogP contribution in [0.15, 0.2) is 47.4 Å². The molecule has 122 valence electrons. The van der Waals surface area contributed by atoms with Gasteiger partial charge in [0.2, 0.25) is 5.91 Å². The van der Waals surface area contributed by atoms with Gasteiger partial charge in [-0.25, -0.2) is 8.78 Å². The number of thioether (sulfide) groups is 1. The third-order valence-corrected chi connectivity index (χ3v) is 4.37. The summed E-state index contributed by atoms with van der Waals surface area (Å²) in [6.45, 7) is 1.99. The molecule has 1 unspecified atom stereocenters. The summed E-state index contributed by atoms with van der Waals surface area (Å²) in [7, 11) is 1.57. The lowest BCUT2D eigenvalue weighted by atomic mass is 10.2. The van der Waals surface area contributed by atoms with E-state index in [-0.39, 0.29) is 10.8 Å². The van der Waals surface area contributed by atoms with Crippen LogP contribution in [0.25, 0.3) is 0 Å². The molecule has 0 aliphatic heterocycles. The van der Waals surface area contributed by atoms with Gasteiger partial charge in [-0.3, -0.25) is 4.79 Å². The number of benzene rings is 2. The zero-order valence-corrected chi connectivity index (χ0v) is 13.6. The molecule has 1 atom stereocenters. The van der Waals surface area contributed by atoms with Gasteiger partial charge in [0, 0.05) is 23.1 Å². The van der Waals surface area contributed by atoms with E-state index >= 15 is 0 Å². The van der Waals surface area contributed by atoms with Gasteiger partial charge in [-0.2, -0.15) is 0 Å². The summed E-state index contributed by atoms with van der Waals surface area (Å²) in [4.78, 5) is 12.4. The fourth-order valence-electron chi connectivity index (χ4n) is 1.99. The van der Waals surface area contributed by atoms with Crippen LogP contribution in [0.2, 0.25) is 0 Å². The Bertz CT molecular complexity index is 694. The highest BCUT2D eigenvalue weighted by Crippen LogP contribution is 2.26. The highest BCUT2D eigenvalue weighted by molar-refractivity contribution is 8.00. The molecule has 0 aliphatic rings. The lowest BCUT2D eigenvalue weighted by Crippen LogP contribution is -2.30. The van der Waals surface area contributed by atoms with E-state index < -0.39 is 16.9 Å². The van der Waals surface area contributed by atoms with Crippen molar-refractivity contribution in [3.05, 3.63) is 59.7 Å². The maximum absolute atomic E-state index is 13.6. The van der Waals surface area contributed by atoms with E-state index in [9.17, 15) is 13.6 Å². The van der Waals surface area contributed by atoms with E-state index in [1.54, 1.807) is 14.0 Å². The van der Waals surface area contributed by atoms with E-state index in [2.05, 4.69) is 5.32 Å². The van der Waals surface area contributed by atoms with Crippen LogP contribution in [0.4, 0.5) is 8.78 Å². The number of carbonyl (C=O) groups excluding carboxylic acids is 1. The first kappa shape index (κ1) is 17.3. The molecular weight excluding hydrogens is 320 g/mol. The van der Waals surface area contributed by atoms with Crippen molar-refractivity contribution in [3.63, 3.8) is 0 Å². The van der Waals surface area contributed by atoms with E-state index in [0.717, 1.165) is 23.4 Å². The van der Waals surface area contributed by atoms with Gasteiger partial charge in [0.25, 0.3) is 0 Å². The van der Waals surface area contributed by atoms with Crippen LogP contribution in [0.5, 0.6) is 5.75 Å². The first-order valence-electron chi connectivity index (χ1n) is 7.02. The van der Waals surface area contributed by atoms with Crippen molar-refractivity contribution in [1.29, 1.82) is 0 Å². The van der Waals surface area contributed by atoms with E-state index in [1.165, 1.54) is 12.1 Å². The van der Waals surface area contributed by atoms with E-state index in [0.29, 0.717) is 12.3 Å². The fraction of sp³-hybridized carbons (Fsp3) is 0.235. The molecule has 0 heterocycles. The van der Waals surface area contributed by atoms with Gasteiger partial charge < -0.3 is 10.1 Å². The van der Waals surface area contributed by atoms with E-state index in [4.69, 9.17) is 4.74 Å². The molecule has 1 amide bonds. The van der Waals surface area contributed by atoms with Crippen LogP contribution in [0, 0.1) is 11.6 Å². The number of ether oxygens (including phenoxy) is 1.